The molecule has 3 atom stereocenters. The molecule has 0 bridgehead atoms. The smallest absolute Gasteiger partial charge is 0.408 e. The fourth-order valence-corrected chi connectivity index (χ4v) is 4.35. The Kier molecular flexibility index (Phi) is 13.0. The summed E-state index contributed by atoms with van der Waals surface area (Å²) >= 11 is 0. The number of nitrogens with zero attached hydrogens (tertiary/aromatic N) is 1. The predicted octanol–water partition coefficient (Wildman–Crippen LogP) is 3.71. The van der Waals surface area contributed by atoms with E-state index in [4.69, 9.17) is 9.47 Å². The highest BCUT2D eigenvalue weighted by Crippen LogP contribution is 2.21. The molecule has 1 aromatic rings. The van der Waals surface area contributed by atoms with Crippen molar-refractivity contribution in [2.24, 2.45) is 5.92 Å². The molecule has 1 fully saturated rings. The second kappa shape index (κ2) is 16.2. The van der Waals surface area contributed by atoms with E-state index in [0.717, 1.165) is 11.1 Å². The summed E-state index contributed by atoms with van der Waals surface area (Å²) in [6.07, 6.45) is 8.00. The van der Waals surface area contributed by atoms with Crippen molar-refractivity contribution in [2.45, 2.75) is 64.6 Å². The van der Waals surface area contributed by atoms with E-state index in [1.807, 2.05) is 51.1 Å². The molecule has 1 aliphatic rings. The van der Waals surface area contributed by atoms with Crippen LogP contribution in [0.2, 0.25) is 0 Å². The molecule has 1 saturated heterocycles. The number of rotatable bonds is 13. The van der Waals surface area contributed by atoms with Crippen molar-refractivity contribution in [3.63, 3.8) is 0 Å². The summed E-state index contributed by atoms with van der Waals surface area (Å²) in [4.78, 5) is 53.4. The average Bonchev–Trinajstić information content (AvgIpc) is 3.41. The standard InChI is InChI=1S/C30H41N3O6/c1-6-7-9-13-22(4)20-39-30(37)32-24(19-23-14-10-8-11-15-23)27(34)31-25(18-21(2)3)28(35)33-17-12-16-26(33)29(36)38-5/h6-11,13-15,21,24-26H,1,12,16-20H2,2-5H3,(H,31,34)(H,32,37)/b9-7-,22-13+/t24-,25-,26-/m0/s1. The van der Waals surface area contributed by atoms with Gasteiger partial charge in [-0.2, -0.15) is 0 Å². The Bertz CT molecular complexity index is 1050. The van der Waals surface area contributed by atoms with Crippen LogP contribution in [0.1, 0.15) is 45.6 Å². The predicted molar refractivity (Wildman–Crippen MR) is 150 cm³/mol. The van der Waals surface area contributed by atoms with E-state index in [0.29, 0.717) is 25.8 Å². The number of hydrogen-bond acceptors (Lipinski definition) is 6. The third-order valence-corrected chi connectivity index (χ3v) is 6.28. The van der Waals surface area contributed by atoms with Gasteiger partial charge >= 0.3 is 12.1 Å². The highest BCUT2D eigenvalue weighted by Gasteiger charge is 2.39. The second-order valence-corrected chi connectivity index (χ2v) is 10.00. The summed E-state index contributed by atoms with van der Waals surface area (Å²) in [6.45, 7) is 9.78. The number of hydrogen-bond donors (Lipinski definition) is 2. The topological polar surface area (TPSA) is 114 Å². The zero-order chi connectivity index (χ0) is 28.8. The Morgan fingerprint density at radius 2 is 1.82 bits per heavy atom. The van der Waals surface area contributed by atoms with Gasteiger partial charge in [-0.15, -0.1) is 0 Å². The maximum atomic E-state index is 13.5. The summed E-state index contributed by atoms with van der Waals surface area (Å²) in [7, 11) is 1.30. The van der Waals surface area contributed by atoms with Gasteiger partial charge in [0, 0.05) is 13.0 Å². The van der Waals surface area contributed by atoms with Gasteiger partial charge in [0.15, 0.2) is 0 Å². The van der Waals surface area contributed by atoms with E-state index in [2.05, 4.69) is 17.2 Å². The van der Waals surface area contributed by atoms with Crippen LogP contribution in [0.5, 0.6) is 0 Å². The Morgan fingerprint density at radius 1 is 1.10 bits per heavy atom. The quantitative estimate of drug-likeness (QED) is 0.292. The normalized spacial score (nSPS) is 17.0. The first-order chi connectivity index (χ1) is 18.7. The Morgan fingerprint density at radius 3 is 2.46 bits per heavy atom. The third kappa shape index (κ3) is 10.4. The number of carbonyl (C=O) groups excluding carboxylic acids is 4. The lowest BCUT2D eigenvalue weighted by Gasteiger charge is -2.30. The van der Waals surface area contributed by atoms with Crippen molar-refractivity contribution < 1.29 is 28.7 Å². The van der Waals surface area contributed by atoms with Gasteiger partial charge in [-0.25, -0.2) is 9.59 Å². The van der Waals surface area contributed by atoms with E-state index in [1.54, 1.807) is 24.3 Å². The Hall–Kier alpha value is -3.88. The van der Waals surface area contributed by atoms with Gasteiger partial charge in [-0.05, 0) is 43.2 Å². The number of alkyl carbamates (subject to hydrolysis) is 1. The van der Waals surface area contributed by atoms with Crippen molar-refractivity contribution in [3.8, 4) is 0 Å². The molecule has 0 aliphatic carbocycles. The molecule has 2 rings (SSSR count). The van der Waals surface area contributed by atoms with Gasteiger partial charge in [-0.3, -0.25) is 9.59 Å². The first kappa shape index (κ1) is 31.3. The fourth-order valence-electron chi connectivity index (χ4n) is 4.35. The molecule has 0 unspecified atom stereocenters. The van der Waals surface area contributed by atoms with Gasteiger partial charge in [0.05, 0.1) is 7.11 Å². The van der Waals surface area contributed by atoms with Crippen molar-refractivity contribution in [2.75, 3.05) is 20.3 Å². The molecule has 3 amide bonds. The minimum atomic E-state index is -0.984. The summed E-state index contributed by atoms with van der Waals surface area (Å²) < 4.78 is 10.2. The zero-order valence-corrected chi connectivity index (χ0v) is 23.4. The number of esters is 1. The molecule has 0 radical (unpaired) electrons. The van der Waals surface area contributed by atoms with Gasteiger partial charge in [0.2, 0.25) is 11.8 Å². The number of ether oxygens (including phenoxy) is 2. The third-order valence-electron chi connectivity index (χ3n) is 6.28. The molecule has 1 aromatic carbocycles. The number of nitrogens with one attached hydrogen (secondary N) is 2. The number of carbonyl (C=O) groups is 4. The highest BCUT2D eigenvalue weighted by atomic mass is 16.5. The lowest BCUT2D eigenvalue weighted by Crippen LogP contribution is -2.56. The van der Waals surface area contributed by atoms with Crippen LogP contribution in [0, 0.1) is 5.92 Å². The maximum absolute atomic E-state index is 13.5. The van der Waals surface area contributed by atoms with E-state index < -0.39 is 36.1 Å². The summed E-state index contributed by atoms with van der Waals surface area (Å²) in [5, 5.41) is 5.50. The molecule has 0 aromatic heterocycles. The average molecular weight is 540 g/mol. The fraction of sp³-hybridized carbons (Fsp3) is 0.467. The largest absolute Gasteiger partial charge is 0.467 e. The lowest BCUT2D eigenvalue weighted by atomic mass is 10.0. The van der Waals surface area contributed by atoms with Gasteiger partial charge in [0.1, 0.15) is 24.7 Å². The zero-order valence-electron chi connectivity index (χ0n) is 23.4. The molecule has 1 aliphatic heterocycles. The van der Waals surface area contributed by atoms with Gasteiger partial charge in [0.25, 0.3) is 0 Å². The number of likely N-dealkylation sites (tertiary alicyclic amines) is 1. The molecule has 9 heteroatoms. The van der Waals surface area contributed by atoms with E-state index in [1.165, 1.54) is 12.0 Å². The molecule has 212 valence electrons. The number of allylic oxidation sites excluding steroid dienone is 4. The summed E-state index contributed by atoms with van der Waals surface area (Å²) in [5.41, 5.74) is 1.64. The van der Waals surface area contributed by atoms with Crippen LogP contribution in [0.4, 0.5) is 4.79 Å². The van der Waals surface area contributed by atoms with Crippen LogP contribution >= 0.6 is 0 Å². The number of benzene rings is 1. The molecule has 1 heterocycles. The van der Waals surface area contributed by atoms with Crippen LogP contribution in [0.3, 0.4) is 0 Å². The Labute approximate surface area is 231 Å². The number of methoxy groups -OCH3 is 1. The molecule has 2 N–H and O–H groups in total. The van der Waals surface area contributed by atoms with Crippen LogP contribution in [0.25, 0.3) is 0 Å². The molecule has 9 nitrogen and oxygen atoms in total. The molecular formula is C30H41N3O6. The Balaban J connectivity index is 2.18. The second-order valence-electron chi connectivity index (χ2n) is 10.00. The highest BCUT2D eigenvalue weighted by molar-refractivity contribution is 5.93. The SMILES string of the molecule is C=C/C=C\C=C(/C)COC(=O)N[C@@H](Cc1ccccc1)C(=O)N[C@@H](CC(C)C)C(=O)N1CCC[C@H]1C(=O)OC. The number of amides is 3. The van der Waals surface area contributed by atoms with Crippen LogP contribution < -0.4 is 10.6 Å². The van der Waals surface area contributed by atoms with E-state index in [9.17, 15) is 19.2 Å². The first-order valence-corrected chi connectivity index (χ1v) is 13.3. The van der Waals surface area contributed by atoms with Crippen molar-refractivity contribution in [1.82, 2.24) is 15.5 Å². The van der Waals surface area contributed by atoms with E-state index in [-0.39, 0.29) is 24.9 Å². The van der Waals surface area contributed by atoms with Crippen LogP contribution in [0.15, 0.2) is 66.8 Å². The summed E-state index contributed by atoms with van der Waals surface area (Å²) in [6, 6.07) is 6.75. The monoisotopic (exact) mass is 539 g/mol. The summed E-state index contributed by atoms with van der Waals surface area (Å²) in [5.74, 6) is -1.22. The van der Waals surface area contributed by atoms with Crippen LogP contribution in [-0.4, -0.2) is 67.2 Å². The molecule has 39 heavy (non-hydrogen) atoms. The van der Waals surface area contributed by atoms with Crippen LogP contribution in [-0.2, 0) is 30.3 Å². The first-order valence-electron chi connectivity index (χ1n) is 13.3. The maximum Gasteiger partial charge on any atom is 0.408 e. The van der Waals surface area contributed by atoms with Gasteiger partial charge in [-0.1, -0.05) is 75.1 Å². The van der Waals surface area contributed by atoms with Crippen molar-refractivity contribution in [3.05, 3.63) is 72.4 Å². The molecule has 0 saturated carbocycles. The molecule has 0 spiro atoms. The van der Waals surface area contributed by atoms with Gasteiger partial charge < -0.3 is 25.0 Å². The van der Waals surface area contributed by atoms with Crippen molar-refractivity contribution >= 4 is 23.9 Å². The van der Waals surface area contributed by atoms with Crippen molar-refractivity contribution in [1.29, 1.82) is 0 Å². The minimum Gasteiger partial charge on any atom is -0.467 e. The van der Waals surface area contributed by atoms with E-state index >= 15 is 0 Å². The minimum absolute atomic E-state index is 0.0470. The molecular weight excluding hydrogens is 498 g/mol. The lowest BCUT2D eigenvalue weighted by molar-refractivity contribution is -0.152.